The van der Waals surface area contributed by atoms with E-state index in [2.05, 4.69) is 5.32 Å². The average Bonchev–Trinajstić information content (AvgIpc) is 3.77. The summed E-state index contributed by atoms with van der Waals surface area (Å²) in [5, 5.41) is 3.40. The zero-order chi connectivity index (χ0) is 31.1. The molecule has 1 unspecified atom stereocenters. The topological polar surface area (TPSA) is 124 Å². The molecule has 3 amide bonds. The van der Waals surface area contributed by atoms with Crippen molar-refractivity contribution in [3.63, 3.8) is 0 Å². The van der Waals surface area contributed by atoms with Crippen molar-refractivity contribution in [2.24, 2.45) is 0 Å². The van der Waals surface area contributed by atoms with Crippen LogP contribution in [0.5, 0.6) is 23.0 Å². The van der Waals surface area contributed by atoms with Crippen LogP contribution in [0.3, 0.4) is 0 Å². The number of hydrogen-bond acceptors (Lipinski definition) is 8. The van der Waals surface area contributed by atoms with Gasteiger partial charge in [-0.15, -0.1) is 0 Å². The molecular formula is C33H24ClN3O8. The molecular weight excluding hydrogens is 602 g/mol. The second kappa shape index (κ2) is 11.5. The van der Waals surface area contributed by atoms with Crippen molar-refractivity contribution in [2.45, 2.75) is 12.6 Å². The summed E-state index contributed by atoms with van der Waals surface area (Å²) in [7, 11) is 0. The highest BCUT2D eigenvalue weighted by Crippen LogP contribution is 2.38. The van der Waals surface area contributed by atoms with Gasteiger partial charge < -0.3 is 29.2 Å². The number of benzene rings is 4. The number of hydrogen-bond donors (Lipinski definition) is 1. The summed E-state index contributed by atoms with van der Waals surface area (Å²) < 4.78 is 21.9. The van der Waals surface area contributed by atoms with Crippen LogP contribution in [0.1, 0.15) is 27.5 Å². The molecule has 3 aliphatic rings. The van der Waals surface area contributed by atoms with Gasteiger partial charge in [0.25, 0.3) is 17.6 Å². The number of halogens is 1. The Balaban J connectivity index is 1.28. The zero-order valence-electron chi connectivity index (χ0n) is 23.5. The first-order valence-corrected chi connectivity index (χ1v) is 14.3. The third-order valence-electron chi connectivity index (χ3n) is 7.67. The van der Waals surface area contributed by atoms with Gasteiger partial charge in [0, 0.05) is 23.3 Å². The molecule has 12 heteroatoms. The molecule has 0 saturated heterocycles. The first-order chi connectivity index (χ1) is 21.9. The van der Waals surface area contributed by atoms with Crippen molar-refractivity contribution in [2.75, 3.05) is 30.3 Å². The van der Waals surface area contributed by atoms with Crippen LogP contribution in [0.25, 0.3) is 0 Å². The van der Waals surface area contributed by atoms with Crippen LogP contribution in [0.4, 0.5) is 11.4 Å². The van der Waals surface area contributed by atoms with Gasteiger partial charge in [-0.1, -0.05) is 41.9 Å². The molecule has 0 saturated carbocycles. The summed E-state index contributed by atoms with van der Waals surface area (Å²) in [4.78, 5) is 56.8. The molecule has 4 aromatic rings. The summed E-state index contributed by atoms with van der Waals surface area (Å²) in [6, 6.07) is 22.1. The van der Waals surface area contributed by atoms with E-state index < -0.39 is 36.1 Å². The van der Waals surface area contributed by atoms with Crippen LogP contribution >= 0.6 is 11.6 Å². The van der Waals surface area contributed by atoms with Crippen LogP contribution < -0.4 is 29.2 Å². The highest BCUT2D eigenvalue weighted by atomic mass is 35.5. The smallest absolute Gasteiger partial charge is 0.299 e. The molecule has 0 spiro atoms. The zero-order valence-corrected chi connectivity index (χ0v) is 24.3. The predicted octanol–water partition coefficient (Wildman–Crippen LogP) is 4.74. The number of nitrogens with zero attached hydrogens (tertiary/aromatic N) is 2. The number of nitrogens with one attached hydrogen (secondary N) is 1. The van der Waals surface area contributed by atoms with E-state index in [0.29, 0.717) is 50.5 Å². The van der Waals surface area contributed by atoms with Crippen LogP contribution in [-0.2, 0) is 20.9 Å². The number of anilines is 2. The van der Waals surface area contributed by atoms with Crippen molar-refractivity contribution >= 4 is 46.5 Å². The van der Waals surface area contributed by atoms with Crippen molar-refractivity contribution < 1.29 is 38.1 Å². The van der Waals surface area contributed by atoms with E-state index in [4.69, 9.17) is 30.5 Å². The maximum atomic E-state index is 14.3. The second-order valence-corrected chi connectivity index (χ2v) is 10.9. The summed E-state index contributed by atoms with van der Waals surface area (Å²) in [6.45, 7) is -0.420. The molecule has 3 aliphatic heterocycles. The van der Waals surface area contributed by atoms with Crippen LogP contribution in [0.2, 0.25) is 5.02 Å². The lowest BCUT2D eigenvalue weighted by atomic mass is 10.0. The molecule has 3 heterocycles. The number of ether oxygens (including phenoxy) is 4. The standard InChI is InChI=1S/C33H24ClN3O8/c34-21-8-5-19(6-9-21)15-37(29(38)16-36-24-4-2-1-3-23(24)31(39)33(36)41)30(20-7-11-25-27(13-20)44-17-42-25)32(40)35-22-10-12-26-28(14-22)45-18-43-26/h1-14,30H,15-18H2,(H,35,40). The molecule has 11 nitrogen and oxygen atoms in total. The minimum atomic E-state index is -1.21. The summed E-state index contributed by atoms with van der Waals surface area (Å²) in [5.41, 5.74) is 2.08. The van der Waals surface area contributed by atoms with Crippen molar-refractivity contribution in [3.05, 3.63) is 107 Å². The first-order valence-electron chi connectivity index (χ1n) is 13.9. The molecule has 0 bridgehead atoms. The average molecular weight is 626 g/mol. The van der Waals surface area contributed by atoms with Gasteiger partial charge >= 0.3 is 0 Å². The summed E-state index contributed by atoms with van der Waals surface area (Å²) in [6.07, 6.45) is 0. The first kappa shape index (κ1) is 28.2. The van der Waals surface area contributed by atoms with E-state index in [-0.39, 0.29) is 25.7 Å². The maximum Gasteiger partial charge on any atom is 0.299 e. The minimum absolute atomic E-state index is 0.0186. The predicted molar refractivity (Wildman–Crippen MR) is 162 cm³/mol. The third kappa shape index (κ3) is 5.38. The van der Waals surface area contributed by atoms with Crippen LogP contribution in [0, 0.1) is 0 Å². The molecule has 7 rings (SSSR count). The number of ketones is 1. The Morgan fingerprint density at radius 1 is 0.822 bits per heavy atom. The Hall–Kier alpha value is -5.55. The lowest BCUT2D eigenvalue weighted by molar-refractivity contribution is -0.139. The monoisotopic (exact) mass is 625 g/mol. The Kier molecular flexibility index (Phi) is 7.22. The van der Waals surface area contributed by atoms with E-state index in [1.54, 1.807) is 84.9 Å². The Morgan fingerprint density at radius 2 is 1.49 bits per heavy atom. The normalized spacial score (nSPS) is 14.7. The molecule has 0 aromatic heterocycles. The van der Waals surface area contributed by atoms with Crippen LogP contribution in [-0.4, -0.2) is 48.5 Å². The van der Waals surface area contributed by atoms with Gasteiger partial charge in [-0.05, 0) is 59.7 Å². The molecule has 1 N–H and O–H groups in total. The van der Waals surface area contributed by atoms with Gasteiger partial charge in [-0.3, -0.25) is 24.1 Å². The molecule has 1 atom stereocenters. The van der Waals surface area contributed by atoms with E-state index >= 15 is 0 Å². The number of carbonyl (C=O) groups excluding carboxylic acids is 4. The van der Waals surface area contributed by atoms with Gasteiger partial charge in [-0.25, -0.2) is 0 Å². The Morgan fingerprint density at radius 3 is 2.24 bits per heavy atom. The second-order valence-electron chi connectivity index (χ2n) is 10.5. The van der Waals surface area contributed by atoms with Crippen LogP contribution in [0.15, 0.2) is 84.9 Å². The highest BCUT2D eigenvalue weighted by molar-refractivity contribution is 6.52. The molecule has 0 radical (unpaired) electrons. The number of amides is 3. The van der Waals surface area contributed by atoms with Crippen molar-refractivity contribution in [3.8, 4) is 23.0 Å². The fourth-order valence-corrected chi connectivity index (χ4v) is 5.61. The molecule has 4 aromatic carbocycles. The highest BCUT2D eigenvalue weighted by Gasteiger charge is 2.40. The number of para-hydroxylation sites is 1. The maximum absolute atomic E-state index is 14.3. The Bertz CT molecular complexity index is 1860. The van der Waals surface area contributed by atoms with E-state index in [1.807, 2.05) is 0 Å². The summed E-state index contributed by atoms with van der Waals surface area (Å²) >= 11 is 6.13. The van der Waals surface area contributed by atoms with Gasteiger partial charge in [0.15, 0.2) is 23.0 Å². The number of rotatable bonds is 8. The number of Topliss-reactive ketones (excluding diaryl/α,β-unsaturated/α-hetero) is 1. The lowest BCUT2D eigenvalue weighted by Crippen LogP contribution is -2.46. The van der Waals surface area contributed by atoms with Gasteiger partial charge in [-0.2, -0.15) is 0 Å². The third-order valence-corrected chi connectivity index (χ3v) is 7.92. The molecule has 45 heavy (non-hydrogen) atoms. The van der Waals surface area contributed by atoms with E-state index in [1.165, 1.54) is 4.90 Å². The fourth-order valence-electron chi connectivity index (χ4n) is 5.48. The van der Waals surface area contributed by atoms with E-state index in [9.17, 15) is 19.2 Å². The molecule has 0 fully saturated rings. The Labute approximate surface area is 261 Å². The number of carbonyl (C=O) groups is 4. The SMILES string of the molecule is O=C1C(=O)N(CC(=O)N(Cc2ccc(Cl)cc2)C(C(=O)Nc2ccc3c(c2)OCO3)c2ccc3c(c2)OCO3)c2ccccc21. The number of fused-ring (bicyclic) bond motifs is 3. The van der Waals surface area contributed by atoms with Crippen molar-refractivity contribution in [1.29, 1.82) is 0 Å². The van der Waals surface area contributed by atoms with Gasteiger partial charge in [0.1, 0.15) is 12.6 Å². The van der Waals surface area contributed by atoms with Gasteiger partial charge in [0.05, 0.1) is 11.3 Å². The van der Waals surface area contributed by atoms with Gasteiger partial charge in [0.2, 0.25) is 19.5 Å². The van der Waals surface area contributed by atoms with Crippen molar-refractivity contribution in [1.82, 2.24) is 4.90 Å². The summed E-state index contributed by atoms with van der Waals surface area (Å²) in [5.74, 6) is -0.701. The quantitative estimate of drug-likeness (QED) is 0.279. The molecule has 226 valence electrons. The minimum Gasteiger partial charge on any atom is -0.454 e. The largest absolute Gasteiger partial charge is 0.454 e. The fraction of sp³-hybridized carbons (Fsp3) is 0.152. The van der Waals surface area contributed by atoms with E-state index in [0.717, 1.165) is 4.90 Å². The lowest BCUT2D eigenvalue weighted by Gasteiger charge is -2.33. The molecule has 0 aliphatic carbocycles.